The molecular weight excluding hydrogens is 160 g/mol. The maximum Gasteiger partial charge on any atom is 0.0436 e. The van der Waals surface area contributed by atoms with E-state index in [-0.39, 0.29) is 6.61 Å². The molecule has 0 radical (unpaired) electrons. The fourth-order valence-corrected chi connectivity index (χ4v) is 1.72. The number of aliphatic hydroxyl groups is 1. The van der Waals surface area contributed by atoms with E-state index in [4.69, 9.17) is 5.11 Å². The van der Waals surface area contributed by atoms with Crippen LogP contribution in [0.25, 0.3) is 0 Å². The standard InChI is InChI=1S/C12H18O/c1-10(2)12(8-9-13)11-6-4-3-5-7-11/h3-7,10,12-13H,8-9H2,1-2H3/t12-/m0/s1. The molecule has 0 bridgehead atoms. The first-order valence-corrected chi connectivity index (χ1v) is 4.91. The summed E-state index contributed by atoms with van der Waals surface area (Å²) in [4.78, 5) is 0. The maximum atomic E-state index is 8.95. The van der Waals surface area contributed by atoms with Gasteiger partial charge in [-0.2, -0.15) is 0 Å². The molecule has 1 heteroatoms. The molecule has 0 spiro atoms. The summed E-state index contributed by atoms with van der Waals surface area (Å²) in [6.45, 7) is 4.68. The molecule has 0 amide bonds. The molecule has 0 heterocycles. The van der Waals surface area contributed by atoms with Crippen molar-refractivity contribution < 1.29 is 5.11 Å². The van der Waals surface area contributed by atoms with E-state index in [1.165, 1.54) is 5.56 Å². The zero-order chi connectivity index (χ0) is 9.68. The van der Waals surface area contributed by atoms with Gasteiger partial charge in [-0.3, -0.25) is 0 Å². The topological polar surface area (TPSA) is 20.2 Å². The molecule has 1 nitrogen and oxygen atoms in total. The van der Waals surface area contributed by atoms with E-state index >= 15 is 0 Å². The van der Waals surface area contributed by atoms with E-state index < -0.39 is 0 Å². The van der Waals surface area contributed by atoms with Crippen LogP contribution in [0.2, 0.25) is 0 Å². The van der Waals surface area contributed by atoms with Gasteiger partial charge in [-0.1, -0.05) is 44.2 Å². The van der Waals surface area contributed by atoms with Gasteiger partial charge in [0.05, 0.1) is 0 Å². The second-order valence-corrected chi connectivity index (χ2v) is 3.77. The summed E-state index contributed by atoms with van der Waals surface area (Å²) in [5.41, 5.74) is 1.34. The minimum atomic E-state index is 0.276. The van der Waals surface area contributed by atoms with Crippen LogP contribution in [0.4, 0.5) is 0 Å². The highest BCUT2D eigenvalue weighted by Crippen LogP contribution is 2.26. The van der Waals surface area contributed by atoms with Gasteiger partial charge < -0.3 is 5.11 Å². The lowest BCUT2D eigenvalue weighted by Gasteiger charge is -2.20. The molecule has 0 aliphatic heterocycles. The first kappa shape index (κ1) is 10.3. The molecule has 1 N–H and O–H groups in total. The van der Waals surface area contributed by atoms with E-state index in [1.54, 1.807) is 0 Å². The van der Waals surface area contributed by atoms with Crippen molar-refractivity contribution in [2.45, 2.75) is 26.2 Å². The number of hydrogen-bond donors (Lipinski definition) is 1. The Labute approximate surface area is 80.4 Å². The van der Waals surface area contributed by atoms with E-state index in [0.29, 0.717) is 11.8 Å². The highest BCUT2D eigenvalue weighted by atomic mass is 16.3. The largest absolute Gasteiger partial charge is 0.396 e. The van der Waals surface area contributed by atoms with Crippen molar-refractivity contribution in [1.82, 2.24) is 0 Å². The lowest BCUT2D eigenvalue weighted by Crippen LogP contribution is -2.08. The van der Waals surface area contributed by atoms with Crippen LogP contribution in [-0.4, -0.2) is 11.7 Å². The van der Waals surface area contributed by atoms with Crippen molar-refractivity contribution in [2.75, 3.05) is 6.61 Å². The molecule has 1 aromatic carbocycles. The molecule has 1 aromatic rings. The lowest BCUT2D eigenvalue weighted by molar-refractivity contribution is 0.261. The normalized spacial score (nSPS) is 13.2. The number of hydrogen-bond acceptors (Lipinski definition) is 1. The second kappa shape index (κ2) is 5.03. The van der Waals surface area contributed by atoms with E-state index in [1.807, 2.05) is 6.07 Å². The smallest absolute Gasteiger partial charge is 0.0436 e. The Morgan fingerprint density at radius 2 is 1.77 bits per heavy atom. The van der Waals surface area contributed by atoms with Crippen molar-refractivity contribution in [1.29, 1.82) is 0 Å². The van der Waals surface area contributed by atoms with Crippen LogP contribution in [0.5, 0.6) is 0 Å². The number of benzene rings is 1. The molecule has 0 fully saturated rings. The minimum Gasteiger partial charge on any atom is -0.396 e. The van der Waals surface area contributed by atoms with Gasteiger partial charge in [0.25, 0.3) is 0 Å². The monoisotopic (exact) mass is 178 g/mol. The zero-order valence-electron chi connectivity index (χ0n) is 8.40. The molecule has 13 heavy (non-hydrogen) atoms. The molecule has 0 saturated heterocycles. The molecule has 72 valence electrons. The lowest BCUT2D eigenvalue weighted by atomic mass is 9.86. The summed E-state index contributed by atoms with van der Waals surface area (Å²) < 4.78 is 0. The maximum absolute atomic E-state index is 8.95. The van der Waals surface area contributed by atoms with E-state index in [0.717, 1.165) is 6.42 Å². The average molecular weight is 178 g/mol. The molecule has 0 saturated carbocycles. The summed E-state index contributed by atoms with van der Waals surface area (Å²) in [6, 6.07) is 10.4. The minimum absolute atomic E-state index is 0.276. The van der Waals surface area contributed by atoms with Crippen molar-refractivity contribution in [3.63, 3.8) is 0 Å². The third-order valence-electron chi connectivity index (χ3n) is 2.47. The Balaban J connectivity index is 2.76. The Morgan fingerprint density at radius 3 is 2.23 bits per heavy atom. The van der Waals surface area contributed by atoms with Gasteiger partial charge in [0.1, 0.15) is 0 Å². The predicted molar refractivity (Wildman–Crippen MR) is 55.7 cm³/mol. The average Bonchev–Trinajstić information content (AvgIpc) is 2.15. The molecule has 0 unspecified atom stereocenters. The molecule has 0 aromatic heterocycles. The van der Waals surface area contributed by atoms with Crippen LogP contribution in [-0.2, 0) is 0 Å². The van der Waals surface area contributed by atoms with Gasteiger partial charge in [-0.05, 0) is 23.8 Å². The van der Waals surface area contributed by atoms with Crippen LogP contribution >= 0.6 is 0 Å². The highest BCUT2D eigenvalue weighted by molar-refractivity contribution is 5.19. The van der Waals surface area contributed by atoms with Crippen LogP contribution in [0.15, 0.2) is 30.3 Å². The van der Waals surface area contributed by atoms with Crippen molar-refractivity contribution >= 4 is 0 Å². The molecule has 1 atom stereocenters. The van der Waals surface area contributed by atoms with Crippen LogP contribution < -0.4 is 0 Å². The molecule has 0 aliphatic carbocycles. The van der Waals surface area contributed by atoms with Gasteiger partial charge >= 0.3 is 0 Å². The fourth-order valence-electron chi connectivity index (χ4n) is 1.72. The Kier molecular flexibility index (Phi) is 3.97. The Bertz CT molecular complexity index is 228. The van der Waals surface area contributed by atoms with Crippen LogP contribution in [0, 0.1) is 5.92 Å². The second-order valence-electron chi connectivity index (χ2n) is 3.77. The van der Waals surface area contributed by atoms with Crippen molar-refractivity contribution in [3.8, 4) is 0 Å². The summed E-state index contributed by atoms with van der Waals surface area (Å²) >= 11 is 0. The molecular formula is C12H18O. The summed E-state index contributed by atoms with van der Waals surface area (Å²) in [5.74, 6) is 1.08. The van der Waals surface area contributed by atoms with E-state index in [9.17, 15) is 0 Å². The zero-order valence-corrected chi connectivity index (χ0v) is 8.40. The third-order valence-corrected chi connectivity index (χ3v) is 2.47. The number of rotatable bonds is 4. The SMILES string of the molecule is CC(C)[C@H](CCO)c1ccccc1. The van der Waals surface area contributed by atoms with Gasteiger partial charge in [-0.25, -0.2) is 0 Å². The first-order valence-electron chi connectivity index (χ1n) is 4.91. The van der Waals surface area contributed by atoms with Gasteiger partial charge in [0, 0.05) is 6.61 Å². The fraction of sp³-hybridized carbons (Fsp3) is 0.500. The Morgan fingerprint density at radius 1 is 1.15 bits per heavy atom. The van der Waals surface area contributed by atoms with Crippen LogP contribution in [0.3, 0.4) is 0 Å². The number of aliphatic hydroxyl groups excluding tert-OH is 1. The van der Waals surface area contributed by atoms with Crippen molar-refractivity contribution in [2.24, 2.45) is 5.92 Å². The van der Waals surface area contributed by atoms with Crippen molar-refractivity contribution in [3.05, 3.63) is 35.9 Å². The van der Waals surface area contributed by atoms with Gasteiger partial charge in [0.2, 0.25) is 0 Å². The summed E-state index contributed by atoms with van der Waals surface area (Å²) in [6.07, 6.45) is 0.863. The van der Waals surface area contributed by atoms with Gasteiger partial charge in [0.15, 0.2) is 0 Å². The third kappa shape index (κ3) is 2.85. The predicted octanol–water partition coefficient (Wildman–Crippen LogP) is 2.81. The summed E-state index contributed by atoms with van der Waals surface area (Å²) in [7, 11) is 0. The Hall–Kier alpha value is -0.820. The van der Waals surface area contributed by atoms with E-state index in [2.05, 4.69) is 38.1 Å². The summed E-state index contributed by atoms with van der Waals surface area (Å²) in [5, 5.41) is 8.95. The molecule has 0 aliphatic rings. The van der Waals surface area contributed by atoms with Gasteiger partial charge in [-0.15, -0.1) is 0 Å². The first-order chi connectivity index (χ1) is 6.25. The quantitative estimate of drug-likeness (QED) is 0.751. The highest BCUT2D eigenvalue weighted by Gasteiger charge is 2.14. The molecule has 1 rings (SSSR count). The van der Waals surface area contributed by atoms with Crippen LogP contribution in [0.1, 0.15) is 31.7 Å².